The Labute approximate surface area is 127 Å². The lowest BCUT2D eigenvalue weighted by atomic mass is 10.3. The third kappa shape index (κ3) is 3.34. The summed E-state index contributed by atoms with van der Waals surface area (Å²) in [5, 5.41) is 16.0. The van der Waals surface area contributed by atoms with E-state index in [1.807, 2.05) is 31.0 Å². The first-order valence-corrected chi connectivity index (χ1v) is 6.97. The fourth-order valence-electron chi connectivity index (χ4n) is 1.94. The zero-order chi connectivity index (χ0) is 15.4. The van der Waals surface area contributed by atoms with Gasteiger partial charge < -0.3 is 8.83 Å². The minimum atomic E-state index is 0.461. The molecule has 0 saturated carbocycles. The maximum Gasteiger partial charge on any atom is 0.249 e. The molecular weight excluding hydrogens is 284 g/mol. The molecule has 0 amide bonds. The van der Waals surface area contributed by atoms with Gasteiger partial charge in [-0.2, -0.15) is 0 Å². The predicted octanol–water partition coefficient (Wildman–Crippen LogP) is 1.71. The van der Waals surface area contributed by atoms with E-state index in [9.17, 15) is 0 Å². The first-order chi connectivity index (χ1) is 10.7. The van der Waals surface area contributed by atoms with Crippen molar-refractivity contribution in [3.05, 3.63) is 42.2 Å². The van der Waals surface area contributed by atoms with Gasteiger partial charge in [0.25, 0.3) is 0 Å². The molecule has 8 nitrogen and oxygen atoms in total. The standard InChI is InChI=1S/C14H16N6O2/c1-3-11-16-17-12(21-11)8-20(2)9-13-18-19-14(22-13)10-5-4-6-15-7-10/h4-7H,3,8-9H2,1-2H3. The van der Waals surface area contributed by atoms with Crippen LogP contribution in [0.25, 0.3) is 11.5 Å². The molecule has 0 saturated heterocycles. The minimum absolute atomic E-state index is 0.461. The van der Waals surface area contributed by atoms with E-state index in [1.165, 1.54) is 0 Å². The number of nitrogens with zero attached hydrogens (tertiary/aromatic N) is 6. The first-order valence-electron chi connectivity index (χ1n) is 6.97. The number of hydrogen-bond acceptors (Lipinski definition) is 8. The molecule has 0 atom stereocenters. The Morgan fingerprint density at radius 2 is 1.73 bits per heavy atom. The monoisotopic (exact) mass is 300 g/mol. The number of aryl methyl sites for hydroxylation is 1. The molecule has 0 unspecified atom stereocenters. The van der Waals surface area contributed by atoms with E-state index in [0.717, 1.165) is 12.0 Å². The summed E-state index contributed by atoms with van der Waals surface area (Å²) in [7, 11) is 1.92. The highest BCUT2D eigenvalue weighted by Crippen LogP contribution is 2.16. The molecule has 22 heavy (non-hydrogen) atoms. The van der Waals surface area contributed by atoms with Crippen LogP contribution in [0.1, 0.15) is 24.6 Å². The molecule has 0 aliphatic rings. The van der Waals surface area contributed by atoms with Gasteiger partial charge in [0.05, 0.1) is 18.7 Å². The molecule has 3 aromatic rings. The summed E-state index contributed by atoms with van der Waals surface area (Å²) in [6, 6.07) is 3.70. The second-order valence-electron chi connectivity index (χ2n) is 4.86. The molecule has 0 aliphatic heterocycles. The second-order valence-corrected chi connectivity index (χ2v) is 4.86. The van der Waals surface area contributed by atoms with Crippen LogP contribution in [-0.4, -0.2) is 37.3 Å². The maximum atomic E-state index is 5.63. The molecule has 114 valence electrons. The molecule has 0 aliphatic carbocycles. The summed E-state index contributed by atoms with van der Waals surface area (Å²) in [4.78, 5) is 6.00. The summed E-state index contributed by atoms with van der Waals surface area (Å²) in [5.74, 6) is 2.20. The third-order valence-electron chi connectivity index (χ3n) is 3.00. The Balaban J connectivity index is 1.62. The normalized spacial score (nSPS) is 11.2. The molecular formula is C14H16N6O2. The SMILES string of the molecule is CCc1nnc(CN(C)Cc2nnc(-c3cccnc3)o2)o1. The van der Waals surface area contributed by atoms with E-state index >= 15 is 0 Å². The van der Waals surface area contributed by atoms with Crippen molar-refractivity contribution in [1.29, 1.82) is 0 Å². The Bertz CT molecular complexity index is 724. The molecule has 3 heterocycles. The van der Waals surface area contributed by atoms with E-state index in [0.29, 0.717) is 36.7 Å². The van der Waals surface area contributed by atoms with Crippen LogP contribution in [0.5, 0.6) is 0 Å². The van der Waals surface area contributed by atoms with Crippen LogP contribution in [0.2, 0.25) is 0 Å². The van der Waals surface area contributed by atoms with Gasteiger partial charge in [0.1, 0.15) is 0 Å². The Hall–Kier alpha value is -2.61. The summed E-state index contributed by atoms with van der Waals surface area (Å²) in [5.41, 5.74) is 0.799. The van der Waals surface area contributed by atoms with E-state index in [4.69, 9.17) is 8.83 Å². The highest BCUT2D eigenvalue weighted by Gasteiger charge is 2.13. The highest BCUT2D eigenvalue weighted by atomic mass is 16.4. The van der Waals surface area contributed by atoms with Crippen LogP contribution in [0.15, 0.2) is 33.4 Å². The quantitative estimate of drug-likeness (QED) is 0.679. The van der Waals surface area contributed by atoms with Gasteiger partial charge in [0.2, 0.25) is 23.6 Å². The van der Waals surface area contributed by atoms with Crippen LogP contribution in [0, 0.1) is 0 Å². The molecule has 0 fully saturated rings. The van der Waals surface area contributed by atoms with E-state index < -0.39 is 0 Å². The Morgan fingerprint density at radius 1 is 1.00 bits per heavy atom. The van der Waals surface area contributed by atoms with Gasteiger partial charge in [-0.15, -0.1) is 20.4 Å². The lowest BCUT2D eigenvalue weighted by Crippen LogP contribution is -2.17. The largest absolute Gasteiger partial charge is 0.424 e. The van der Waals surface area contributed by atoms with Crippen LogP contribution >= 0.6 is 0 Å². The van der Waals surface area contributed by atoms with Crippen LogP contribution in [-0.2, 0) is 19.5 Å². The van der Waals surface area contributed by atoms with Gasteiger partial charge in [0, 0.05) is 18.8 Å². The van der Waals surface area contributed by atoms with Gasteiger partial charge >= 0.3 is 0 Å². The van der Waals surface area contributed by atoms with E-state index in [-0.39, 0.29) is 0 Å². The van der Waals surface area contributed by atoms with Crippen molar-refractivity contribution in [3.63, 3.8) is 0 Å². The van der Waals surface area contributed by atoms with Crippen molar-refractivity contribution in [2.24, 2.45) is 0 Å². The molecule has 0 aromatic carbocycles. The number of aromatic nitrogens is 5. The molecule has 3 aromatic heterocycles. The zero-order valence-electron chi connectivity index (χ0n) is 12.4. The van der Waals surface area contributed by atoms with Crippen LogP contribution in [0.4, 0.5) is 0 Å². The highest BCUT2D eigenvalue weighted by molar-refractivity contribution is 5.49. The zero-order valence-corrected chi connectivity index (χ0v) is 12.4. The van der Waals surface area contributed by atoms with E-state index in [2.05, 4.69) is 25.4 Å². The van der Waals surface area contributed by atoms with Gasteiger partial charge in [-0.3, -0.25) is 9.88 Å². The van der Waals surface area contributed by atoms with Gasteiger partial charge in [0.15, 0.2) is 0 Å². The maximum absolute atomic E-state index is 5.63. The van der Waals surface area contributed by atoms with Gasteiger partial charge in [-0.25, -0.2) is 0 Å². The fraction of sp³-hybridized carbons (Fsp3) is 0.357. The van der Waals surface area contributed by atoms with Crippen molar-refractivity contribution in [2.45, 2.75) is 26.4 Å². The second kappa shape index (κ2) is 6.44. The summed E-state index contributed by atoms with van der Waals surface area (Å²) < 4.78 is 11.1. The summed E-state index contributed by atoms with van der Waals surface area (Å²) >= 11 is 0. The minimum Gasteiger partial charge on any atom is -0.424 e. The Kier molecular flexibility index (Phi) is 4.19. The Morgan fingerprint density at radius 3 is 2.41 bits per heavy atom. The van der Waals surface area contributed by atoms with Crippen molar-refractivity contribution in [3.8, 4) is 11.5 Å². The topological polar surface area (TPSA) is 94.0 Å². The van der Waals surface area contributed by atoms with Crippen molar-refractivity contribution < 1.29 is 8.83 Å². The number of pyridine rings is 1. The summed E-state index contributed by atoms with van der Waals surface area (Å²) in [6.07, 6.45) is 4.12. The third-order valence-corrected chi connectivity index (χ3v) is 3.00. The molecule has 0 spiro atoms. The van der Waals surface area contributed by atoms with Crippen molar-refractivity contribution in [1.82, 2.24) is 30.3 Å². The average Bonchev–Trinajstić information content (AvgIpc) is 3.17. The molecule has 0 bridgehead atoms. The lowest BCUT2D eigenvalue weighted by molar-refractivity contribution is 0.253. The number of rotatable bonds is 6. The van der Waals surface area contributed by atoms with Crippen LogP contribution in [0.3, 0.4) is 0 Å². The van der Waals surface area contributed by atoms with Crippen molar-refractivity contribution >= 4 is 0 Å². The van der Waals surface area contributed by atoms with E-state index in [1.54, 1.807) is 12.4 Å². The predicted molar refractivity (Wildman–Crippen MR) is 76.4 cm³/mol. The van der Waals surface area contributed by atoms with Crippen molar-refractivity contribution in [2.75, 3.05) is 7.05 Å². The van der Waals surface area contributed by atoms with Gasteiger partial charge in [-0.05, 0) is 19.2 Å². The fourth-order valence-corrected chi connectivity index (χ4v) is 1.94. The smallest absolute Gasteiger partial charge is 0.249 e. The number of hydrogen-bond donors (Lipinski definition) is 0. The summed E-state index contributed by atoms with van der Waals surface area (Å²) in [6.45, 7) is 2.99. The molecule has 3 rings (SSSR count). The molecule has 0 radical (unpaired) electrons. The van der Waals surface area contributed by atoms with Gasteiger partial charge in [-0.1, -0.05) is 6.92 Å². The van der Waals surface area contributed by atoms with Crippen LogP contribution < -0.4 is 0 Å². The lowest BCUT2D eigenvalue weighted by Gasteiger charge is -2.10. The first kappa shape index (κ1) is 14.3. The molecule has 8 heteroatoms. The molecule has 0 N–H and O–H groups in total. The average molecular weight is 300 g/mol.